The quantitative estimate of drug-likeness (QED) is 0.900. The van der Waals surface area contributed by atoms with Gasteiger partial charge in [-0.1, -0.05) is 39.0 Å². The van der Waals surface area contributed by atoms with E-state index in [4.69, 9.17) is 4.74 Å². The van der Waals surface area contributed by atoms with Gasteiger partial charge >= 0.3 is 0 Å². The topological polar surface area (TPSA) is 51.2 Å². The van der Waals surface area contributed by atoms with Crippen molar-refractivity contribution in [3.05, 3.63) is 45.9 Å². The molecule has 4 nitrogen and oxygen atoms in total. The largest absolute Gasteiger partial charge is 0.496 e. The van der Waals surface area contributed by atoms with Crippen molar-refractivity contribution in [1.82, 2.24) is 10.3 Å². The Morgan fingerprint density at radius 2 is 2.12 bits per heavy atom. The van der Waals surface area contributed by atoms with E-state index in [9.17, 15) is 4.79 Å². The number of hydrogen-bond acceptors (Lipinski definition) is 4. The van der Waals surface area contributed by atoms with Gasteiger partial charge in [0.15, 0.2) is 0 Å². The Kier molecular flexibility index (Phi) is 4.63. The van der Waals surface area contributed by atoms with E-state index in [1.165, 1.54) is 5.56 Å². The number of hydrogen-bond donors (Lipinski definition) is 1. The minimum absolute atomic E-state index is 0.0326. The number of aromatic nitrogens is 1. The highest BCUT2D eigenvalue weighted by Gasteiger charge is 2.41. The molecule has 1 aliphatic rings. The highest BCUT2D eigenvalue weighted by Crippen LogP contribution is 2.44. The summed E-state index contributed by atoms with van der Waals surface area (Å²) in [4.78, 5) is 16.9. The third-order valence-corrected chi connectivity index (χ3v) is 5.53. The van der Waals surface area contributed by atoms with Crippen molar-refractivity contribution in [2.24, 2.45) is 0 Å². The molecule has 1 fully saturated rings. The fourth-order valence-electron chi connectivity index (χ4n) is 2.83. The first kappa shape index (κ1) is 17.0. The molecule has 1 aromatic heterocycles. The maximum Gasteiger partial charge on any atom is 0.226 e. The van der Waals surface area contributed by atoms with Gasteiger partial charge in [-0.05, 0) is 18.1 Å². The van der Waals surface area contributed by atoms with Crippen molar-refractivity contribution in [2.75, 3.05) is 7.11 Å². The number of amides is 1. The minimum atomic E-state index is 0.0326. The predicted octanol–water partition coefficient (Wildman–Crippen LogP) is 3.66. The second-order valence-electron chi connectivity index (χ2n) is 7.33. The Hall–Kier alpha value is -1.88. The second kappa shape index (κ2) is 6.55. The third-order valence-electron chi connectivity index (χ3n) is 4.21. The number of thiazole rings is 1. The minimum Gasteiger partial charge on any atom is -0.496 e. The lowest BCUT2D eigenvalue weighted by Crippen LogP contribution is -2.28. The summed E-state index contributed by atoms with van der Waals surface area (Å²) >= 11 is 1.63. The lowest BCUT2D eigenvalue weighted by molar-refractivity contribution is -0.120. The van der Waals surface area contributed by atoms with Gasteiger partial charge in [0.05, 0.1) is 24.2 Å². The van der Waals surface area contributed by atoms with Crippen LogP contribution in [0, 0.1) is 0 Å². The summed E-state index contributed by atoms with van der Waals surface area (Å²) in [5.41, 5.74) is 2.07. The van der Waals surface area contributed by atoms with Crippen LogP contribution in [0.5, 0.6) is 5.75 Å². The Labute approximate surface area is 147 Å². The fourth-order valence-corrected chi connectivity index (χ4v) is 3.73. The number of nitrogens with zero attached hydrogens (tertiary/aromatic N) is 1. The number of ether oxygens (including phenoxy) is 1. The fraction of sp³-hybridized carbons (Fsp3) is 0.474. The number of rotatable bonds is 5. The Morgan fingerprint density at radius 1 is 1.38 bits per heavy atom. The van der Waals surface area contributed by atoms with E-state index in [0.29, 0.717) is 12.3 Å². The van der Waals surface area contributed by atoms with Crippen LogP contribution < -0.4 is 10.1 Å². The molecule has 1 amide bonds. The van der Waals surface area contributed by atoms with E-state index < -0.39 is 0 Å². The molecule has 128 valence electrons. The van der Waals surface area contributed by atoms with Crippen LogP contribution in [-0.2, 0) is 16.6 Å². The Morgan fingerprint density at radius 3 is 2.79 bits per heavy atom. The summed E-state index contributed by atoms with van der Waals surface area (Å²) in [5, 5.41) is 6.18. The summed E-state index contributed by atoms with van der Waals surface area (Å²) in [6.45, 7) is 6.41. The number of benzene rings is 1. The lowest BCUT2D eigenvalue weighted by atomic mass is 9.98. The molecular weight excluding hydrogens is 320 g/mol. The van der Waals surface area contributed by atoms with Crippen molar-refractivity contribution in [3.8, 4) is 5.75 Å². The maximum atomic E-state index is 12.3. The van der Waals surface area contributed by atoms with Gasteiger partial charge in [-0.2, -0.15) is 0 Å². The van der Waals surface area contributed by atoms with Gasteiger partial charge in [-0.3, -0.25) is 4.79 Å². The molecule has 0 aliphatic heterocycles. The third kappa shape index (κ3) is 3.78. The number of carbonyl (C=O) groups excluding carboxylic acids is 1. The average Bonchev–Trinajstić information content (AvgIpc) is 3.10. The van der Waals surface area contributed by atoms with E-state index >= 15 is 0 Å². The SMILES string of the molecule is COc1ccccc1[C@@H]1C[C@H]1NC(=O)Cc1csc(C(C)(C)C)n1. The molecule has 0 spiro atoms. The van der Waals surface area contributed by atoms with Crippen LogP contribution in [0.15, 0.2) is 29.6 Å². The first-order valence-corrected chi connectivity index (χ1v) is 9.13. The van der Waals surface area contributed by atoms with Crippen LogP contribution in [0.4, 0.5) is 0 Å². The van der Waals surface area contributed by atoms with Crippen molar-refractivity contribution in [2.45, 2.75) is 51.0 Å². The van der Waals surface area contributed by atoms with E-state index in [-0.39, 0.29) is 17.4 Å². The van der Waals surface area contributed by atoms with E-state index in [0.717, 1.165) is 22.9 Å². The standard InChI is InChI=1S/C19H24N2O2S/c1-19(2,3)18-20-12(11-24-18)9-17(22)21-15-10-14(15)13-7-5-6-8-16(13)23-4/h5-8,11,14-15H,9-10H2,1-4H3,(H,21,22)/t14-,15+/m0/s1. The molecular formula is C19H24N2O2S. The van der Waals surface area contributed by atoms with Crippen LogP contribution in [0.3, 0.4) is 0 Å². The van der Waals surface area contributed by atoms with Gasteiger partial charge in [0.1, 0.15) is 5.75 Å². The molecule has 2 atom stereocenters. The molecule has 5 heteroatoms. The average molecular weight is 344 g/mol. The molecule has 1 heterocycles. The van der Waals surface area contributed by atoms with Gasteiger partial charge in [0.25, 0.3) is 0 Å². The number of nitrogens with one attached hydrogen (secondary N) is 1. The molecule has 2 aromatic rings. The van der Waals surface area contributed by atoms with Crippen LogP contribution in [0.25, 0.3) is 0 Å². The first-order valence-electron chi connectivity index (χ1n) is 8.25. The molecule has 1 saturated carbocycles. The summed E-state index contributed by atoms with van der Waals surface area (Å²) in [6.07, 6.45) is 1.32. The molecule has 0 radical (unpaired) electrons. The zero-order valence-electron chi connectivity index (χ0n) is 14.6. The van der Waals surface area contributed by atoms with Crippen molar-refractivity contribution >= 4 is 17.2 Å². The van der Waals surface area contributed by atoms with Gasteiger partial charge in [-0.25, -0.2) is 4.98 Å². The molecule has 1 aromatic carbocycles. The smallest absolute Gasteiger partial charge is 0.226 e. The number of para-hydroxylation sites is 1. The predicted molar refractivity (Wildman–Crippen MR) is 96.8 cm³/mol. The zero-order chi connectivity index (χ0) is 17.3. The van der Waals surface area contributed by atoms with Crippen molar-refractivity contribution < 1.29 is 9.53 Å². The first-order chi connectivity index (χ1) is 11.4. The second-order valence-corrected chi connectivity index (χ2v) is 8.19. The molecule has 0 bridgehead atoms. The van der Waals surface area contributed by atoms with E-state index in [1.807, 2.05) is 23.6 Å². The monoisotopic (exact) mass is 344 g/mol. The molecule has 3 rings (SSSR count). The van der Waals surface area contributed by atoms with Gasteiger partial charge < -0.3 is 10.1 Å². The molecule has 1 aliphatic carbocycles. The molecule has 0 unspecified atom stereocenters. The van der Waals surface area contributed by atoms with Crippen LogP contribution in [0.2, 0.25) is 0 Å². The molecule has 0 saturated heterocycles. The van der Waals surface area contributed by atoms with Crippen molar-refractivity contribution in [1.29, 1.82) is 0 Å². The van der Waals surface area contributed by atoms with E-state index in [2.05, 4.69) is 37.1 Å². The van der Waals surface area contributed by atoms with Gasteiger partial charge in [0.2, 0.25) is 5.91 Å². The van der Waals surface area contributed by atoms with E-state index in [1.54, 1.807) is 18.4 Å². The molecule has 24 heavy (non-hydrogen) atoms. The van der Waals surface area contributed by atoms with Crippen LogP contribution in [-0.4, -0.2) is 24.0 Å². The Bertz CT molecular complexity index is 733. The van der Waals surface area contributed by atoms with Gasteiger partial charge in [-0.15, -0.1) is 11.3 Å². The summed E-state index contributed by atoms with van der Waals surface area (Å²) in [5.74, 6) is 1.29. The summed E-state index contributed by atoms with van der Waals surface area (Å²) in [6, 6.07) is 8.22. The lowest BCUT2D eigenvalue weighted by Gasteiger charge is -2.13. The number of methoxy groups -OCH3 is 1. The maximum absolute atomic E-state index is 12.3. The summed E-state index contributed by atoms with van der Waals surface area (Å²) in [7, 11) is 1.68. The van der Waals surface area contributed by atoms with Gasteiger partial charge in [0, 0.05) is 22.8 Å². The Balaban J connectivity index is 1.56. The highest BCUT2D eigenvalue weighted by atomic mass is 32.1. The highest BCUT2D eigenvalue weighted by molar-refractivity contribution is 7.09. The normalized spacial score (nSPS) is 19.8. The number of carbonyl (C=O) groups is 1. The summed E-state index contributed by atoms with van der Waals surface area (Å²) < 4.78 is 5.41. The van der Waals surface area contributed by atoms with Crippen LogP contribution in [0.1, 0.15) is 49.4 Å². The van der Waals surface area contributed by atoms with Crippen LogP contribution >= 0.6 is 11.3 Å². The molecule has 1 N–H and O–H groups in total. The van der Waals surface area contributed by atoms with Crippen molar-refractivity contribution in [3.63, 3.8) is 0 Å². The zero-order valence-corrected chi connectivity index (χ0v) is 15.4.